The van der Waals surface area contributed by atoms with Gasteiger partial charge in [-0.1, -0.05) is 12.8 Å². The van der Waals surface area contributed by atoms with E-state index in [1.807, 2.05) is 12.4 Å². The SMILES string of the molecule is CC(CN1CCCCCC1)N1CCN(c2ccncc2)CC1. The zero-order valence-corrected chi connectivity index (χ0v) is 14.0. The fourth-order valence-corrected chi connectivity index (χ4v) is 3.78. The zero-order valence-electron chi connectivity index (χ0n) is 14.0. The summed E-state index contributed by atoms with van der Waals surface area (Å²) >= 11 is 0. The molecule has 0 spiro atoms. The van der Waals surface area contributed by atoms with Crippen LogP contribution in [0.4, 0.5) is 5.69 Å². The second kappa shape index (κ2) is 7.93. The number of anilines is 1. The molecule has 2 saturated heterocycles. The molecule has 0 aromatic carbocycles. The molecule has 0 bridgehead atoms. The van der Waals surface area contributed by atoms with Crippen LogP contribution in [0.25, 0.3) is 0 Å². The molecule has 3 heterocycles. The maximum atomic E-state index is 4.11. The molecule has 0 amide bonds. The number of nitrogens with zero attached hydrogens (tertiary/aromatic N) is 4. The van der Waals surface area contributed by atoms with Gasteiger partial charge in [-0.05, 0) is 45.0 Å². The van der Waals surface area contributed by atoms with Gasteiger partial charge < -0.3 is 9.80 Å². The van der Waals surface area contributed by atoms with Gasteiger partial charge >= 0.3 is 0 Å². The van der Waals surface area contributed by atoms with Gasteiger partial charge in [-0.2, -0.15) is 0 Å². The average molecular weight is 302 g/mol. The molecule has 1 atom stereocenters. The number of rotatable bonds is 4. The van der Waals surface area contributed by atoms with E-state index in [1.165, 1.54) is 64.1 Å². The summed E-state index contributed by atoms with van der Waals surface area (Å²) in [6, 6.07) is 4.92. The van der Waals surface area contributed by atoms with Gasteiger partial charge in [0.2, 0.25) is 0 Å². The van der Waals surface area contributed by atoms with E-state index in [0.717, 1.165) is 13.1 Å². The van der Waals surface area contributed by atoms with Crippen molar-refractivity contribution in [1.29, 1.82) is 0 Å². The van der Waals surface area contributed by atoms with Crippen LogP contribution in [0.1, 0.15) is 32.6 Å². The minimum atomic E-state index is 0.678. The van der Waals surface area contributed by atoms with Crippen molar-refractivity contribution in [2.45, 2.75) is 38.6 Å². The fraction of sp³-hybridized carbons (Fsp3) is 0.722. The van der Waals surface area contributed by atoms with Gasteiger partial charge in [0.25, 0.3) is 0 Å². The highest BCUT2D eigenvalue weighted by molar-refractivity contribution is 5.44. The van der Waals surface area contributed by atoms with Crippen LogP contribution in [0.5, 0.6) is 0 Å². The van der Waals surface area contributed by atoms with Crippen molar-refractivity contribution in [3.63, 3.8) is 0 Å². The molecule has 0 saturated carbocycles. The van der Waals surface area contributed by atoms with E-state index in [9.17, 15) is 0 Å². The minimum absolute atomic E-state index is 0.678. The monoisotopic (exact) mass is 302 g/mol. The van der Waals surface area contributed by atoms with Crippen LogP contribution in [-0.2, 0) is 0 Å². The predicted molar refractivity (Wildman–Crippen MR) is 92.4 cm³/mol. The van der Waals surface area contributed by atoms with E-state index >= 15 is 0 Å². The van der Waals surface area contributed by atoms with E-state index in [0.29, 0.717) is 6.04 Å². The molecule has 0 N–H and O–H groups in total. The zero-order chi connectivity index (χ0) is 15.2. The van der Waals surface area contributed by atoms with Crippen molar-refractivity contribution in [3.8, 4) is 0 Å². The standard InChI is InChI=1S/C18H30N4/c1-17(16-20-10-4-2-3-5-11-20)21-12-14-22(15-13-21)18-6-8-19-9-7-18/h6-9,17H,2-5,10-16H2,1H3. The third-order valence-electron chi connectivity index (χ3n) is 5.19. The molecule has 2 aliphatic rings. The van der Waals surface area contributed by atoms with Gasteiger partial charge in [-0.3, -0.25) is 9.88 Å². The Morgan fingerprint density at radius 1 is 0.909 bits per heavy atom. The molecule has 122 valence electrons. The van der Waals surface area contributed by atoms with Crippen LogP contribution in [0, 0.1) is 0 Å². The number of hydrogen-bond donors (Lipinski definition) is 0. The Hall–Kier alpha value is -1.13. The highest BCUT2D eigenvalue weighted by Crippen LogP contribution is 2.17. The Kier molecular flexibility index (Phi) is 5.68. The van der Waals surface area contributed by atoms with Crippen molar-refractivity contribution >= 4 is 5.69 Å². The third kappa shape index (κ3) is 4.20. The maximum Gasteiger partial charge on any atom is 0.0397 e. The average Bonchev–Trinajstić information content (AvgIpc) is 2.84. The molecule has 0 aliphatic carbocycles. The van der Waals surface area contributed by atoms with Gasteiger partial charge in [0.05, 0.1) is 0 Å². The first-order valence-electron chi connectivity index (χ1n) is 8.94. The normalized spacial score (nSPS) is 23.2. The molecule has 1 aromatic rings. The Balaban J connectivity index is 1.46. The lowest BCUT2D eigenvalue weighted by Crippen LogP contribution is -2.52. The van der Waals surface area contributed by atoms with Crippen LogP contribution in [0.2, 0.25) is 0 Å². The van der Waals surface area contributed by atoms with E-state index in [2.05, 4.69) is 38.7 Å². The van der Waals surface area contributed by atoms with Crippen LogP contribution in [0.3, 0.4) is 0 Å². The van der Waals surface area contributed by atoms with Crippen LogP contribution in [0.15, 0.2) is 24.5 Å². The summed E-state index contributed by atoms with van der Waals surface area (Å²) < 4.78 is 0. The second-order valence-corrected chi connectivity index (χ2v) is 6.79. The first-order valence-corrected chi connectivity index (χ1v) is 8.94. The Morgan fingerprint density at radius 2 is 1.55 bits per heavy atom. The smallest absolute Gasteiger partial charge is 0.0397 e. The molecule has 1 aromatic heterocycles. The number of piperazine rings is 1. The summed E-state index contributed by atoms with van der Waals surface area (Å²) in [5, 5.41) is 0. The molecular weight excluding hydrogens is 272 g/mol. The number of likely N-dealkylation sites (tertiary alicyclic amines) is 1. The van der Waals surface area contributed by atoms with E-state index in [4.69, 9.17) is 0 Å². The Bertz CT molecular complexity index is 420. The van der Waals surface area contributed by atoms with Gasteiger partial charge in [0, 0.05) is 56.8 Å². The van der Waals surface area contributed by atoms with Crippen LogP contribution < -0.4 is 4.90 Å². The summed E-state index contributed by atoms with van der Waals surface area (Å²) in [7, 11) is 0. The first-order chi connectivity index (χ1) is 10.8. The van der Waals surface area contributed by atoms with E-state index in [-0.39, 0.29) is 0 Å². The van der Waals surface area contributed by atoms with Crippen LogP contribution in [-0.4, -0.2) is 66.6 Å². The van der Waals surface area contributed by atoms with Gasteiger partial charge in [0.15, 0.2) is 0 Å². The molecule has 3 rings (SSSR count). The molecule has 1 unspecified atom stereocenters. The van der Waals surface area contributed by atoms with Crippen molar-refractivity contribution < 1.29 is 0 Å². The van der Waals surface area contributed by atoms with Crippen molar-refractivity contribution in [2.75, 3.05) is 50.7 Å². The van der Waals surface area contributed by atoms with Gasteiger partial charge in [0.1, 0.15) is 0 Å². The summed E-state index contributed by atoms with van der Waals surface area (Å²) in [6.45, 7) is 10.9. The van der Waals surface area contributed by atoms with Crippen molar-refractivity contribution in [1.82, 2.24) is 14.8 Å². The summed E-state index contributed by atoms with van der Waals surface area (Å²) in [5.74, 6) is 0. The molecular formula is C18H30N4. The van der Waals surface area contributed by atoms with E-state index in [1.54, 1.807) is 0 Å². The third-order valence-corrected chi connectivity index (χ3v) is 5.19. The van der Waals surface area contributed by atoms with Crippen molar-refractivity contribution in [3.05, 3.63) is 24.5 Å². The van der Waals surface area contributed by atoms with Crippen LogP contribution >= 0.6 is 0 Å². The highest BCUT2D eigenvalue weighted by atomic mass is 15.3. The highest BCUT2D eigenvalue weighted by Gasteiger charge is 2.23. The maximum absolute atomic E-state index is 4.11. The lowest BCUT2D eigenvalue weighted by atomic mass is 10.2. The Morgan fingerprint density at radius 3 is 2.18 bits per heavy atom. The number of pyridine rings is 1. The minimum Gasteiger partial charge on any atom is -0.369 e. The van der Waals surface area contributed by atoms with E-state index < -0.39 is 0 Å². The number of aromatic nitrogens is 1. The second-order valence-electron chi connectivity index (χ2n) is 6.79. The Labute approximate surface area is 135 Å². The lowest BCUT2D eigenvalue weighted by molar-refractivity contribution is 0.143. The topological polar surface area (TPSA) is 22.6 Å². The van der Waals surface area contributed by atoms with Crippen molar-refractivity contribution in [2.24, 2.45) is 0 Å². The molecule has 0 radical (unpaired) electrons. The fourth-order valence-electron chi connectivity index (χ4n) is 3.78. The molecule has 22 heavy (non-hydrogen) atoms. The molecule has 4 heteroatoms. The van der Waals surface area contributed by atoms with Gasteiger partial charge in [-0.25, -0.2) is 0 Å². The molecule has 2 aliphatic heterocycles. The lowest BCUT2D eigenvalue weighted by Gasteiger charge is -2.40. The summed E-state index contributed by atoms with van der Waals surface area (Å²) in [4.78, 5) is 12.0. The largest absolute Gasteiger partial charge is 0.369 e. The number of hydrogen-bond acceptors (Lipinski definition) is 4. The van der Waals surface area contributed by atoms with Gasteiger partial charge in [-0.15, -0.1) is 0 Å². The summed E-state index contributed by atoms with van der Waals surface area (Å²) in [6.07, 6.45) is 9.42. The molecule has 2 fully saturated rings. The summed E-state index contributed by atoms with van der Waals surface area (Å²) in [5.41, 5.74) is 1.31. The molecule has 4 nitrogen and oxygen atoms in total. The predicted octanol–water partition coefficient (Wildman–Crippen LogP) is 2.47. The first kappa shape index (κ1) is 15.8. The quantitative estimate of drug-likeness (QED) is 0.852.